The maximum atomic E-state index is 11.3. The highest BCUT2D eigenvalue weighted by molar-refractivity contribution is 5.94. The number of Topliss-reactive ketones (excluding diaryl/α,β-unsaturated/α-hetero) is 1. The molecular formula is C22H25NO3. The Balaban J connectivity index is 0.000000431. The molecule has 26 heavy (non-hydrogen) atoms. The van der Waals surface area contributed by atoms with Gasteiger partial charge in [-0.25, -0.2) is 0 Å². The molecule has 0 N–H and O–H groups in total. The lowest BCUT2D eigenvalue weighted by molar-refractivity contribution is 0.101. The lowest BCUT2D eigenvalue weighted by Crippen LogP contribution is -1.90. The van der Waals surface area contributed by atoms with Gasteiger partial charge in [0.2, 0.25) is 0 Å². The number of aryl methyl sites for hydroxylation is 1. The molecule has 0 aliphatic carbocycles. The first kappa shape index (κ1) is 19.6. The fourth-order valence-electron chi connectivity index (χ4n) is 2.34. The number of aromatic nitrogens is 1. The third-order valence-corrected chi connectivity index (χ3v) is 3.84. The van der Waals surface area contributed by atoms with Crippen LogP contribution in [-0.4, -0.2) is 24.2 Å². The number of rotatable bonds is 5. The maximum Gasteiger partial charge on any atom is 0.167 e. The van der Waals surface area contributed by atoms with E-state index in [1.807, 2.05) is 63.2 Å². The van der Waals surface area contributed by atoms with Crippen LogP contribution in [0.2, 0.25) is 0 Å². The fourth-order valence-corrected chi connectivity index (χ4v) is 2.34. The molecule has 3 rings (SSSR count). The van der Waals surface area contributed by atoms with Crippen LogP contribution in [0.3, 0.4) is 0 Å². The number of ketones is 1. The minimum absolute atomic E-state index is 0.0575. The van der Waals surface area contributed by atoms with Crippen molar-refractivity contribution < 1.29 is 14.1 Å². The molecule has 0 aliphatic rings. The minimum atomic E-state index is 0.0575. The predicted molar refractivity (Wildman–Crippen MR) is 104 cm³/mol. The number of ether oxygens (including phenoxy) is 1. The normalized spacial score (nSPS) is 10.2. The van der Waals surface area contributed by atoms with E-state index in [-0.39, 0.29) is 5.78 Å². The predicted octanol–water partition coefficient (Wildman–Crippen LogP) is 5.56. The number of carbonyl (C=O) groups is 1. The van der Waals surface area contributed by atoms with Crippen LogP contribution in [0.4, 0.5) is 0 Å². The van der Waals surface area contributed by atoms with Crippen molar-refractivity contribution in [3.63, 3.8) is 0 Å². The van der Waals surface area contributed by atoms with Crippen LogP contribution in [0, 0.1) is 6.92 Å². The molecular weight excluding hydrogens is 326 g/mol. The summed E-state index contributed by atoms with van der Waals surface area (Å²) in [6.07, 6.45) is 0. The summed E-state index contributed by atoms with van der Waals surface area (Å²) in [6.45, 7) is 9.27. The van der Waals surface area contributed by atoms with Gasteiger partial charge in [0.15, 0.2) is 11.5 Å². The molecule has 0 amide bonds. The van der Waals surface area contributed by atoms with Crippen molar-refractivity contribution >= 4 is 5.78 Å². The van der Waals surface area contributed by atoms with Gasteiger partial charge in [-0.3, -0.25) is 4.79 Å². The van der Waals surface area contributed by atoms with E-state index >= 15 is 0 Å². The highest BCUT2D eigenvalue weighted by Crippen LogP contribution is 2.26. The quantitative estimate of drug-likeness (QED) is 0.565. The van der Waals surface area contributed by atoms with Gasteiger partial charge >= 0.3 is 0 Å². The number of hydrogen-bond acceptors (Lipinski definition) is 4. The lowest BCUT2D eigenvalue weighted by Gasteiger charge is -1.97. The molecule has 0 fully saturated rings. The molecule has 1 aromatic heterocycles. The molecule has 0 radical (unpaired) electrons. The molecule has 4 heteroatoms. The van der Waals surface area contributed by atoms with Crippen LogP contribution < -0.4 is 0 Å². The van der Waals surface area contributed by atoms with Crippen molar-refractivity contribution in [1.82, 2.24) is 5.16 Å². The maximum absolute atomic E-state index is 11.3. The summed E-state index contributed by atoms with van der Waals surface area (Å²) >= 11 is 0. The molecule has 0 bridgehead atoms. The molecule has 0 aliphatic heterocycles. The molecule has 4 nitrogen and oxygen atoms in total. The fraction of sp³-hybridized carbons (Fsp3) is 0.273. The Morgan fingerprint density at radius 2 is 1.54 bits per heavy atom. The zero-order valence-corrected chi connectivity index (χ0v) is 15.8. The number of benzene rings is 2. The smallest absolute Gasteiger partial charge is 0.167 e. The van der Waals surface area contributed by atoms with Gasteiger partial charge in [0.25, 0.3) is 0 Å². The van der Waals surface area contributed by atoms with Crippen molar-refractivity contribution in [1.29, 1.82) is 0 Å². The molecule has 136 valence electrons. The molecule has 2 aromatic carbocycles. The summed E-state index contributed by atoms with van der Waals surface area (Å²) in [5, 5.41) is 4.10. The first-order chi connectivity index (χ1) is 12.5. The van der Waals surface area contributed by atoms with Gasteiger partial charge in [0.05, 0.1) is 0 Å². The number of carbonyl (C=O) groups excluding carboxylic acids is 1. The second kappa shape index (κ2) is 9.68. The molecule has 3 aromatic rings. The van der Waals surface area contributed by atoms with Gasteiger partial charge < -0.3 is 9.26 Å². The van der Waals surface area contributed by atoms with Crippen molar-refractivity contribution in [3.8, 4) is 22.6 Å². The summed E-state index contributed by atoms with van der Waals surface area (Å²) in [5.41, 5.74) is 4.60. The molecule has 0 unspecified atom stereocenters. The second-order valence-corrected chi connectivity index (χ2v) is 5.86. The van der Waals surface area contributed by atoms with E-state index in [1.54, 1.807) is 19.1 Å². The Bertz CT molecular complexity index is 815. The van der Waals surface area contributed by atoms with Crippen LogP contribution in [-0.2, 0) is 4.74 Å². The Hall–Kier alpha value is -2.72. The van der Waals surface area contributed by atoms with Gasteiger partial charge in [0, 0.05) is 36.0 Å². The molecule has 1 heterocycles. The highest BCUT2D eigenvalue weighted by Gasteiger charge is 2.09. The molecule has 0 spiro atoms. The summed E-state index contributed by atoms with van der Waals surface area (Å²) in [4.78, 5) is 11.3. The summed E-state index contributed by atoms with van der Waals surface area (Å²) in [6, 6.07) is 17.4. The first-order valence-corrected chi connectivity index (χ1v) is 8.78. The van der Waals surface area contributed by atoms with Crippen LogP contribution in [0.15, 0.2) is 59.1 Å². The zero-order chi connectivity index (χ0) is 18.9. The van der Waals surface area contributed by atoms with Gasteiger partial charge in [-0.15, -0.1) is 0 Å². The van der Waals surface area contributed by atoms with E-state index in [4.69, 9.17) is 9.26 Å². The van der Waals surface area contributed by atoms with Gasteiger partial charge in [0.1, 0.15) is 5.69 Å². The third-order valence-electron chi connectivity index (χ3n) is 3.84. The Kier molecular flexibility index (Phi) is 7.30. The first-order valence-electron chi connectivity index (χ1n) is 8.78. The topological polar surface area (TPSA) is 52.3 Å². The van der Waals surface area contributed by atoms with E-state index in [2.05, 4.69) is 5.16 Å². The van der Waals surface area contributed by atoms with E-state index in [0.717, 1.165) is 35.8 Å². The largest absolute Gasteiger partial charge is 0.382 e. The molecule has 0 saturated heterocycles. The van der Waals surface area contributed by atoms with Crippen molar-refractivity contribution in [2.24, 2.45) is 0 Å². The van der Waals surface area contributed by atoms with Crippen molar-refractivity contribution in [2.75, 3.05) is 13.2 Å². The highest BCUT2D eigenvalue weighted by atomic mass is 16.5. The van der Waals surface area contributed by atoms with Gasteiger partial charge in [-0.1, -0.05) is 59.3 Å². The molecule has 0 atom stereocenters. The van der Waals surface area contributed by atoms with Crippen LogP contribution >= 0.6 is 0 Å². The Morgan fingerprint density at radius 3 is 2.04 bits per heavy atom. The summed E-state index contributed by atoms with van der Waals surface area (Å²) in [5.74, 6) is 0.794. The summed E-state index contributed by atoms with van der Waals surface area (Å²) in [7, 11) is 0. The van der Waals surface area contributed by atoms with Crippen molar-refractivity contribution in [2.45, 2.75) is 27.7 Å². The minimum Gasteiger partial charge on any atom is -0.382 e. The monoisotopic (exact) mass is 351 g/mol. The zero-order valence-electron chi connectivity index (χ0n) is 15.8. The van der Waals surface area contributed by atoms with E-state index < -0.39 is 0 Å². The third kappa shape index (κ3) is 5.39. The van der Waals surface area contributed by atoms with Crippen LogP contribution in [0.1, 0.15) is 36.7 Å². The van der Waals surface area contributed by atoms with Crippen LogP contribution in [0.25, 0.3) is 22.6 Å². The summed E-state index contributed by atoms with van der Waals surface area (Å²) < 4.78 is 10.2. The van der Waals surface area contributed by atoms with E-state index in [9.17, 15) is 4.79 Å². The van der Waals surface area contributed by atoms with Gasteiger partial charge in [-0.05, 0) is 27.7 Å². The number of hydrogen-bond donors (Lipinski definition) is 0. The molecule has 0 saturated carbocycles. The lowest BCUT2D eigenvalue weighted by atomic mass is 10.1. The Labute approximate surface area is 154 Å². The number of nitrogens with zero attached hydrogens (tertiary/aromatic N) is 1. The average Bonchev–Trinajstić information content (AvgIpc) is 3.14. The van der Waals surface area contributed by atoms with Crippen LogP contribution in [0.5, 0.6) is 0 Å². The van der Waals surface area contributed by atoms with Crippen molar-refractivity contribution in [3.05, 3.63) is 65.7 Å². The van der Waals surface area contributed by atoms with E-state index in [1.165, 1.54) is 5.56 Å². The average molecular weight is 351 g/mol. The SMILES string of the molecule is CC(=O)c1ccc(-c2cc(-c3ccc(C)cc3)on2)cc1.CCOCC. The van der Waals surface area contributed by atoms with Gasteiger partial charge in [-0.2, -0.15) is 0 Å². The second-order valence-electron chi connectivity index (χ2n) is 5.86. The Morgan fingerprint density at radius 1 is 0.962 bits per heavy atom. The standard InChI is InChI=1S/C18H15NO2.C4H10O/c1-12-3-5-16(6-4-12)18-11-17(19-21-18)15-9-7-14(8-10-15)13(2)20;1-3-5-4-2/h3-11H,1-2H3;3-4H2,1-2H3. The van der Waals surface area contributed by atoms with E-state index in [0.29, 0.717) is 5.56 Å².